The van der Waals surface area contributed by atoms with Crippen molar-refractivity contribution in [1.82, 2.24) is 4.90 Å². The highest BCUT2D eigenvalue weighted by molar-refractivity contribution is 6.21. The minimum absolute atomic E-state index is 0.241. The van der Waals surface area contributed by atoms with Crippen LogP contribution in [0.25, 0.3) is 0 Å². The first kappa shape index (κ1) is 22.5. The van der Waals surface area contributed by atoms with Crippen molar-refractivity contribution in [2.24, 2.45) is 0 Å². The normalized spacial score (nSPS) is 16.3. The molecule has 0 spiro atoms. The number of ether oxygens (including phenoxy) is 1. The summed E-state index contributed by atoms with van der Waals surface area (Å²) in [6, 6.07) is 30.1. The molecule has 4 aromatic rings. The summed E-state index contributed by atoms with van der Waals surface area (Å²) in [6.07, 6.45) is 0.507. The van der Waals surface area contributed by atoms with Crippen molar-refractivity contribution in [3.05, 3.63) is 120 Å². The number of urea groups is 1. The molecule has 0 unspecified atom stereocenters. The lowest BCUT2D eigenvalue weighted by Gasteiger charge is -2.28. The maximum absolute atomic E-state index is 13.1. The Balaban J connectivity index is 1.12. The van der Waals surface area contributed by atoms with E-state index in [0.29, 0.717) is 35.7 Å². The van der Waals surface area contributed by atoms with Gasteiger partial charge in [0.05, 0.1) is 5.69 Å². The van der Waals surface area contributed by atoms with Gasteiger partial charge in [-0.2, -0.15) is 0 Å². The van der Waals surface area contributed by atoms with Crippen LogP contribution in [0.4, 0.5) is 16.2 Å². The fourth-order valence-corrected chi connectivity index (χ4v) is 4.75. The van der Waals surface area contributed by atoms with Crippen molar-refractivity contribution in [2.45, 2.75) is 19.0 Å². The van der Waals surface area contributed by atoms with E-state index < -0.39 is 6.04 Å². The first-order chi connectivity index (χ1) is 18.1. The van der Waals surface area contributed by atoms with E-state index in [9.17, 15) is 14.4 Å². The molecule has 0 saturated carbocycles. The van der Waals surface area contributed by atoms with Crippen LogP contribution in [0.5, 0.6) is 11.5 Å². The highest BCUT2D eigenvalue weighted by Gasteiger charge is 2.47. The standard InChI is InChI=1S/C30H23N3O4/c34-28(31-23-12-16-26(17-13-23)37-25-8-2-1-3-9-25)20-10-14-24(15-11-20)33-29(35)27-18-21-6-4-5-7-22(21)19-32(27)30(33)36/h1-17,27H,18-19H2,(H,31,34)/t27-/m0/s1. The van der Waals surface area contributed by atoms with Crippen LogP contribution in [0.3, 0.4) is 0 Å². The first-order valence-corrected chi connectivity index (χ1v) is 12.0. The summed E-state index contributed by atoms with van der Waals surface area (Å²) < 4.78 is 5.78. The van der Waals surface area contributed by atoms with Gasteiger partial charge in [-0.15, -0.1) is 0 Å². The molecule has 1 fully saturated rings. The number of carbonyl (C=O) groups is 3. The molecule has 4 amide bonds. The van der Waals surface area contributed by atoms with Gasteiger partial charge < -0.3 is 15.0 Å². The second-order valence-electron chi connectivity index (χ2n) is 9.01. The quantitative estimate of drug-likeness (QED) is 0.369. The number of benzene rings is 4. The molecule has 7 heteroatoms. The number of nitrogens with one attached hydrogen (secondary N) is 1. The third-order valence-electron chi connectivity index (χ3n) is 6.67. The fraction of sp³-hybridized carbons (Fsp3) is 0.100. The van der Waals surface area contributed by atoms with Crippen LogP contribution in [-0.2, 0) is 17.8 Å². The maximum Gasteiger partial charge on any atom is 0.332 e. The summed E-state index contributed by atoms with van der Waals surface area (Å²) in [7, 11) is 0. The van der Waals surface area contributed by atoms with Crippen molar-refractivity contribution >= 4 is 29.2 Å². The molecule has 1 N–H and O–H groups in total. The van der Waals surface area contributed by atoms with Crippen LogP contribution in [0.15, 0.2) is 103 Å². The first-order valence-electron chi connectivity index (χ1n) is 12.0. The zero-order chi connectivity index (χ0) is 25.4. The molecule has 37 heavy (non-hydrogen) atoms. The number of amides is 4. The lowest BCUT2D eigenvalue weighted by atomic mass is 9.95. The number of hydrogen-bond acceptors (Lipinski definition) is 4. The van der Waals surface area contributed by atoms with Gasteiger partial charge in [0.1, 0.15) is 17.5 Å². The van der Waals surface area contributed by atoms with Gasteiger partial charge in [0.15, 0.2) is 0 Å². The van der Waals surface area contributed by atoms with E-state index in [1.807, 2.05) is 54.6 Å². The largest absolute Gasteiger partial charge is 0.457 e. The van der Waals surface area contributed by atoms with Gasteiger partial charge in [-0.1, -0.05) is 42.5 Å². The van der Waals surface area contributed by atoms with Crippen LogP contribution in [-0.4, -0.2) is 28.8 Å². The molecule has 0 aliphatic carbocycles. The van der Waals surface area contributed by atoms with Gasteiger partial charge in [0.25, 0.3) is 11.8 Å². The Bertz CT molecular complexity index is 1440. The third-order valence-corrected chi connectivity index (χ3v) is 6.67. The Labute approximate surface area is 213 Å². The molecule has 1 atom stereocenters. The Morgan fingerprint density at radius 2 is 1.41 bits per heavy atom. The molecular weight excluding hydrogens is 466 g/mol. The summed E-state index contributed by atoms with van der Waals surface area (Å²) in [5.41, 5.74) is 3.65. The fourth-order valence-electron chi connectivity index (χ4n) is 4.75. The number of fused-ring (bicyclic) bond motifs is 2. The number of rotatable bonds is 5. The second kappa shape index (κ2) is 9.28. The minimum atomic E-state index is -0.501. The zero-order valence-electron chi connectivity index (χ0n) is 19.8. The Hall–Kier alpha value is -4.91. The van der Waals surface area contributed by atoms with Gasteiger partial charge in [0, 0.05) is 24.2 Å². The van der Waals surface area contributed by atoms with Crippen LogP contribution in [0, 0.1) is 0 Å². The van der Waals surface area contributed by atoms with E-state index in [-0.39, 0.29) is 17.8 Å². The molecule has 4 aromatic carbocycles. The molecule has 1 saturated heterocycles. The maximum atomic E-state index is 13.1. The molecule has 6 rings (SSSR count). The topological polar surface area (TPSA) is 79.0 Å². The van der Waals surface area contributed by atoms with Crippen LogP contribution >= 0.6 is 0 Å². The van der Waals surface area contributed by atoms with Crippen molar-refractivity contribution < 1.29 is 19.1 Å². The number of hydrogen-bond donors (Lipinski definition) is 1. The number of anilines is 2. The van der Waals surface area contributed by atoms with E-state index in [0.717, 1.165) is 16.9 Å². The summed E-state index contributed by atoms with van der Waals surface area (Å²) in [5.74, 6) is 0.854. The highest BCUT2D eigenvalue weighted by atomic mass is 16.5. The lowest BCUT2D eigenvalue weighted by Crippen LogP contribution is -2.39. The van der Waals surface area contributed by atoms with E-state index >= 15 is 0 Å². The Morgan fingerprint density at radius 3 is 2.14 bits per heavy atom. The SMILES string of the molecule is O=C(Nc1ccc(Oc2ccccc2)cc1)c1ccc(N2C(=O)[C@@H]3Cc4ccccc4CN3C2=O)cc1. The molecule has 0 bridgehead atoms. The van der Waals surface area contributed by atoms with Gasteiger partial charge in [-0.05, 0) is 71.8 Å². The average Bonchev–Trinajstić information content (AvgIpc) is 3.18. The minimum Gasteiger partial charge on any atom is -0.457 e. The molecule has 2 aliphatic rings. The van der Waals surface area contributed by atoms with E-state index in [4.69, 9.17) is 4.74 Å². The van der Waals surface area contributed by atoms with E-state index in [1.54, 1.807) is 53.4 Å². The molecule has 0 aromatic heterocycles. The average molecular weight is 490 g/mol. The van der Waals surface area contributed by atoms with Crippen LogP contribution in [0.1, 0.15) is 21.5 Å². The van der Waals surface area contributed by atoms with Crippen molar-refractivity contribution in [1.29, 1.82) is 0 Å². The second-order valence-corrected chi connectivity index (χ2v) is 9.01. The van der Waals surface area contributed by atoms with Crippen molar-refractivity contribution in [2.75, 3.05) is 10.2 Å². The summed E-state index contributed by atoms with van der Waals surface area (Å²) >= 11 is 0. The monoisotopic (exact) mass is 489 g/mol. The molecule has 182 valence electrons. The molecule has 0 radical (unpaired) electrons. The molecular formula is C30H23N3O4. The van der Waals surface area contributed by atoms with E-state index in [1.165, 1.54) is 4.90 Å². The van der Waals surface area contributed by atoms with Crippen molar-refractivity contribution in [3.63, 3.8) is 0 Å². The van der Waals surface area contributed by atoms with Gasteiger partial charge >= 0.3 is 6.03 Å². The lowest BCUT2D eigenvalue weighted by molar-refractivity contribution is -0.120. The van der Waals surface area contributed by atoms with Gasteiger partial charge in [-0.25, -0.2) is 9.69 Å². The molecule has 7 nitrogen and oxygen atoms in total. The third kappa shape index (κ3) is 4.31. The van der Waals surface area contributed by atoms with Gasteiger partial charge in [-0.3, -0.25) is 9.59 Å². The zero-order valence-corrected chi connectivity index (χ0v) is 19.8. The number of para-hydroxylation sites is 1. The predicted molar refractivity (Wildman–Crippen MR) is 140 cm³/mol. The number of nitrogens with zero attached hydrogens (tertiary/aromatic N) is 2. The number of imide groups is 1. The van der Waals surface area contributed by atoms with Crippen LogP contribution in [0.2, 0.25) is 0 Å². The number of carbonyl (C=O) groups excluding carboxylic acids is 3. The summed E-state index contributed by atoms with van der Waals surface area (Å²) in [4.78, 5) is 41.9. The Kier molecular flexibility index (Phi) is 5.65. The summed E-state index contributed by atoms with van der Waals surface area (Å²) in [6.45, 7) is 0.414. The van der Waals surface area contributed by atoms with Crippen LogP contribution < -0.4 is 15.0 Å². The predicted octanol–water partition coefficient (Wildman–Crippen LogP) is 5.62. The van der Waals surface area contributed by atoms with E-state index in [2.05, 4.69) is 5.32 Å². The van der Waals surface area contributed by atoms with Gasteiger partial charge in [0.2, 0.25) is 0 Å². The Morgan fingerprint density at radius 1 is 0.757 bits per heavy atom. The summed E-state index contributed by atoms with van der Waals surface area (Å²) in [5, 5.41) is 2.86. The highest BCUT2D eigenvalue weighted by Crippen LogP contribution is 2.33. The molecule has 2 aliphatic heterocycles. The molecule has 2 heterocycles. The smallest absolute Gasteiger partial charge is 0.332 e. The van der Waals surface area contributed by atoms with Crippen molar-refractivity contribution in [3.8, 4) is 11.5 Å².